The van der Waals surface area contributed by atoms with Crippen LogP contribution in [0.2, 0.25) is 0 Å². The Kier molecular flexibility index (Phi) is 7.88. The zero-order valence-corrected chi connectivity index (χ0v) is 14.6. The Morgan fingerprint density at radius 3 is 1.83 bits per heavy atom. The van der Waals surface area contributed by atoms with Crippen LogP contribution in [0.4, 0.5) is 0 Å². The van der Waals surface area contributed by atoms with Gasteiger partial charge in [-0.1, -0.05) is 64.5 Å². The molecule has 4 N–H and O–H groups in total. The lowest BCUT2D eigenvalue weighted by Crippen LogP contribution is -2.11. The monoisotopic (exact) mass is 391 g/mol. The van der Waals surface area contributed by atoms with Crippen LogP contribution in [0.25, 0.3) is 5.57 Å². The number of rotatable bonds is 3. The van der Waals surface area contributed by atoms with E-state index in [9.17, 15) is 0 Å². The van der Waals surface area contributed by atoms with Crippen LogP contribution in [-0.2, 0) is 9.59 Å². The maximum absolute atomic E-state index is 9.10. The fourth-order valence-corrected chi connectivity index (χ4v) is 2.13. The molecule has 1 atom stereocenters. The lowest BCUT2D eigenvalue weighted by atomic mass is 9.96. The first-order valence-corrected chi connectivity index (χ1v) is 7.85. The summed E-state index contributed by atoms with van der Waals surface area (Å²) in [6, 6.07) is 18.7. The fourth-order valence-electron chi connectivity index (χ4n) is 1.87. The summed E-state index contributed by atoms with van der Waals surface area (Å²) < 4.78 is 1.08. The summed E-state index contributed by atoms with van der Waals surface area (Å²) >= 11 is 3.46. The Balaban J connectivity index is 0.000000413. The van der Waals surface area contributed by atoms with Gasteiger partial charge in [0.2, 0.25) is 0 Å². The van der Waals surface area contributed by atoms with Gasteiger partial charge >= 0.3 is 11.9 Å². The Morgan fingerprint density at radius 1 is 0.958 bits per heavy atom. The first-order valence-electron chi connectivity index (χ1n) is 7.06. The summed E-state index contributed by atoms with van der Waals surface area (Å²) in [7, 11) is 0. The molecular formula is C18H18BrNO4. The molecule has 0 saturated heterocycles. The van der Waals surface area contributed by atoms with Crippen LogP contribution in [0, 0.1) is 0 Å². The highest BCUT2D eigenvalue weighted by Crippen LogP contribution is 2.25. The molecule has 2 rings (SSSR count). The molecular weight excluding hydrogens is 374 g/mol. The SMILES string of the molecule is CC(N)C=C(c1ccccc1)c1ccc(Br)cc1.O=C(O)C(=O)O. The van der Waals surface area contributed by atoms with Gasteiger partial charge in [-0.2, -0.15) is 0 Å². The third-order valence-electron chi connectivity index (χ3n) is 2.85. The van der Waals surface area contributed by atoms with Gasteiger partial charge < -0.3 is 15.9 Å². The predicted octanol–water partition coefficient (Wildman–Crippen LogP) is 3.38. The van der Waals surface area contributed by atoms with Crippen molar-refractivity contribution in [2.24, 2.45) is 5.73 Å². The molecule has 126 valence electrons. The zero-order valence-electron chi connectivity index (χ0n) is 13.0. The Bertz CT molecular complexity index is 698. The minimum absolute atomic E-state index is 0.0313. The summed E-state index contributed by atoms with van der Waals surface area (Å²) in [4.78, 5) is 18.2. The topological polar surface area (TPSA) is 101 Å². The van der Waals surface area contributed by atoms with E-state index in [2.05, 4.69) is 46.3 Å². The van der Waals surface area contributed by atoms with Gasteiger partial charge in [-0.3, -0.25) is 0 Å². The second-order valence-corrected chi connectivity index (χ2v) is 5.84. The van der Waals surface area contributed by atoms with Gasteiger partial charge in [0.25, 0.3) is 0 Å². The molecule has 5 nitrogen and oxygen atoms in total. The molecule has 0 radical (unpaired) electrons. The molecule has 0 aliphatic rings. The van der Waals surface area contributed by atoms with Crippen molar-refractivity contribution in [1.29, 1.82) is 0 Å². The van der Waals surface area contributed by atoms with Crippen LogP contribution in [0.1, 0.15) is 18.1 Å². The van der Waals surface area contributed by atoms with Gasteiger partial charge in [-0.05, 0) is 35.8 Å². The van der Waals surface area contributed by atoms with Crippen LogP contribution in [0.15, 0.2) is 65.1 Å². The zero-order chi connectivity index (χ0) is 18.1. The number of aliphatic carboxylic acids is 2. The van der Waals surface area contributed by atoms with Crippen molar-refractivity contribution in [2.45, 2.75) is 13.0 Å². The van der Waals surface area contributed by atoms with Gasteiger partial charge in [-0.15, -0.1) is 0 Å². The highest BCUT2D eigenvalue weighted by Gasteiger charge is 2.05. The van der Waals surface area contributed by atoms with Crippen molar-refractivity contribution in [3.63, 3.8) is 0 Å². The van der Waals surface area contributed by atoms with Crippen molar-refractivity contribution in [2.75, 3.05) is 0 Å². The Labute approximate surface area is 148 Å². The van der Waals surface area contributed by atoms with Crippen LogP contribution in [-0.4, -0.2) is 28.2 Å². The summed E-state index contributed by atoms with van der Waals surface area (Å²) in [6.45, 7) is 1.99. The number of carboxylic acids is 2. The molecule has 0 saturated carbocycles. The van der Waals surface area contributed by atoms with Crippen molar-refractivity contribution in [1.82, 2.24) is 0 Å². The molecule has 6 heteroatoms. The average molecular weight is 392 g/mol. The molecule has 0 fully saturated rings. The molecule has 2 aromatic rings. The van der Waals surface area contributed by atoms with Gasteiger partial charge in [-0.25, -0.2) is 9.59 Å². The molecule has 0 bridgehead atoms. The van der Waals surface area contributed by atoms with Crippen LogP contribution < -0.4 is 5.73 Å². The number of nitrogens with two attached hydrogens (primary N) is 1. The standard InChI is InChI=1S/C16H16BrN.C2H2O4/c1-12(18)11-16(13-5-3-2-4-6-13)14-7-9-15(17)10-8-14;3-1(4)2(5)6/h2-12H,18H2,1H3;(H,3,4)(H,5,6). The van der Waals surface area contributed by atoms with E-state index < -0.39 is 11.9 Å². The second kappa shape index (κ2) is 9.64. The summed E-state index contributed by atoms with van der Waals surface area (Å²) in [6.07, 6.45) is 2.10. The van der Waals surface area contributed by atoms with E-state index in [4.69, 9.17) is 25.5 Å². The minimum Gasteiger partial charge on any atom is -0.473 e. The van der Waals surface area contributed by atoms with E-state index in [1.54, 1.807) is 0 Å². The quantitative estimate of drug-likeness (QED) is 0.696. The number of carboxylic acid groups (broad SMARTS) is 2. The number of hydrogen-bond acceptors (Lipinski definition) is 3. The third-order valence-corrected chi connectivity index (χ3v) is 3.38. The molecule has 0 spiro atoms. The minimum atomic E-state index is -1.82. The molecule has 0 aliphatic carbocycles. The summed E-state index contributed by atoms with van der Waals surface area (Å²) in [5.41, 5.74) is 9.46. The summed E-state index contributed by atoms with van der Waals surface area (Å²) in [5.74, 6) is -3.65. The van der Waals surface area contributed by atoms with E-state index in [1.807, 2.05) is 37.3 Å². The van der Waals surface area contributed by atoms with Crippen LogP contribution in [0.5, 0.6) is 0 Å². The van der Waals surface area contributed by atoms with Gasteiger partial charge in [0, 0.05) is 10.5 Å². The molecule has 24 heavy (non-hydrogen) atoms. The van der Waals surface area contributed by atoms with E-state index >= 15 is 0 Å². The predicted molar refractivity (Wildman–Crippen MR) is 96.6 cm³/mol. The molecule has 0 amide bonds. The molecule has 0 aromatic heterocycles. The van der Waals surface area contributed by atoms with Crippen molar-refractivity contribution in [3.05, 3.63) is 76.3 Å². The van der Waals surface area contributed by atoms with Gasteiger partial charge in [0.1, 0.15) is 0 Å². The van der Waals surface area contributed by atoms with Gasteiger partial charge in [0.15, 0.2) is 0 Å². The van der Waals surface area contributed by atoms with Crippen molar-refractivity contribution >= 4 is 33.4 Å². The molecule has 2 aromatic carbocycles. The van der Waals surface area contributed by atoms with Crippen molar-refractivity contribution in [3.8, 4) is 0 Å². The highest BCUT2D eigenvalue weighted by atomic mass is 79.9. The highest BCUT2D eigenvalue weighted by molar-refractivity contribution is 9.10. The maximum atomic E-state index is 9.10. The average Bonchev–Trinajstić information content (AvgIpc) is 2.55. The van der Waals surface area contributed by atoms with E-state index in [0.29, 0.717) is 0 Å². The van der Waals surface area contributed by atoms with Gasteiger partial charge in [0.05, 0.1) is 0 Å². The normalized spacial score (nSPS) is 11.9. The van der Waals surface area contributed by atoms with Crippen molar-refractivity contribution < 1.29 is 19.8 Å². The van der Waals surface area contributed by atoms with Crippen LogP contribution in [0.3, 0.4) is 0 Å². The van der Waals surface area contributed by atoms with E-state index in [0.717, 1.165) is 4.47 Å². The second-order valence-electron chi connectivity index (χ2n) is 4.92. The largest absolute Gasteiger partial charge is 0.473 e. The molecule has 0 heterocycles. The van der Waals surface area contributed by atoms with E-state index in [1.165, 1.54) is 16.7 Å². The Hall–Kier alpha value is -2.44. The smallest absolute Gasteiger partial charge is 0.414 e. The Morgan fingerprint density at radius 2 is 1.42 bits per heavy atom. The van der Waals surface area contributed by atoms with E-state index in [-0.39, 0.29) is 6.04 Å². The lowest BCUT2D eigenvalue weighted by Gasteiger charge is -2.10. The lowest BCUT2D eigenvalue weighted by molar-refractivity contribution is -0.159. The fraction of sp³-hybridized carbons (Fsp3) is 0.111. The maximum Gasteiger partial charge on any atom is 0.414 e. The number of halogens is 1. The number of carbonyl (C=O) groups is 2. The third kappa shape index (κ3) is 6.76. The van der Waals surface area contributed by atoms with Crippen LogP contribution >= 0.6 is 15.9 Å². The first kappa shape index (κ1) is 19.6. The molecule has 0 aliphatic heterocycles. The molecule has 1 unspecified atom stereocenters. The first-order chi connectivity index (χ1) is 11.3. The number of benzene rings is 2. The summed E-state index contributed by atoms with van der Waals surface area (Å²) in [5, 5.41) is 14.8. The number of hydrogen-bond donors (Lipinski definition) is 3.